The van der Waals surface area contributed by atoms with Crippen LogP contribution in [0.2, 0.25) is 0 Å². The number of thiazole rings is 1. The molecule has 8 nitrogen and oxygen atoms in total. The Balaban J connectivity index is 1.88. The fourth-order valence-corrected chi connectivity index (χ4v) is 4.32. The molecule has 0 atom stereocenters. The Morgan fingerprint density at radius 3 is 2.35 bits per heavy atom. The number of hydrogen-bond donors (Lipinski definition) is 1. The molecule has 0 aliphatic heterocycles. The summed E-state index contributed by atoms with van der Waals surface area (Å²) in [5, 5.41) is 4.21. The highest BCUT2D eigenvalue weighted by atomic mass is 32.1. The van der Waals surface area contributed by atoms with Crippen LogP contribution in [0.4, 0.5) is 0 Å². The summed E-state index contributed by atoms with van der Waals surface area (Å²) in [6.45, 7) is 1.91. The highest BCUT2D eigenvalue weighted by molar-refractivity contribution is 7.11. The van der Waals surface area contributed by atoms with Crippen LogP contribution in [0.1, 0.15) is 16.6 Å². The van der Waals surface area contributed by atoms with Gasteiger partial charge < -0.3 is 4.74 Å². The zero-order chi connectivity index (χ0) is 24.1. The fourth-order valence-electron chi connectivity index (χ4n) is 3.31. The number of carbonyl (C=O) groups is 4. The molecule has 0 spiro atoms. The molecule has 2 aromatic carbocycles. The molecule has 170 valence electrons. The number of hydrogen-bond acceptors (Lipinski definition) is 7. The van der Waals surface area contributed by atoms with E-state index in [4.69, 9.17) is 4.74 Å². The molecule has 1 N–H and O–H groups in total. The first kappa shape index (κ1) is 22.8. The Kier molecular flexibility index (Phi) is 6.74. The van der Waals surface area contributed by atoms with Crippen molar-refractivity contribution < 1.29 is 23.9 Å². The largest absolute Gasteiger partial charge is 0.462 e. The summed E-state index contributed by atoms with van der Waals surface area (Å²) < 4.78 is 7.00. The number of nitrogens with one attached hydrogen (secondary N) is 1. The predicted octanol–water partition coefficient (Wildman–Crippen LogP) is 2.95. The van der Waals surface area contributed by atoms with E-state index in [9.17, 15) is 19.2 Å². The lowest BCUT2D eigenvalue weighted by Crippen LogP contribution is -2.29. The van der Waals surface area contributed by atoms with Crippen LogP contribution < -0.4 is 10.2 Å². The Bertz CT molecular complexity index is 1400. The molecule has 1 aromatic heterocycles. The maximum Gasteiger partial charge on any atom is 0.350 e. The first-order valence-electron chi connectivity index (χ1n) is 10.4. The molecule has 0 bridgehead atoms. The van der Waals surface area contributed by atoms with Gasteiger partial charge in [0.05, 0.1) is 17.9 Å². The second-order valence-electron chi connectivity index (χ2n) is 7.03. The minimum Gasteiger partial charge on any atom is -0.462 e. The molecule has 1 heterocycles. The van der Waals surface area contributed by atoms with E-state index in [1.54, 1.807) is 11.5 Å². The summed E-state index contributed by atoms with van der Waals surface area (Å²) in [6.07, 6.45) is 3.10. The fraction of sp³-hybridized carbons (Fsp3) is 0.0800. The van der Waals surface area contributed by atoms with Crippen LogP contribution in [0.15, 0.2) is 89.6 Å². The number of benzene rings is 2. The Morgan fingerprint density at radius 1 is 1.00 bits per heavy atom. The third-order valence-electron chi connectivity index (χ3n) is 4.79. The van der Waals surface area contributed by atoms with Crippen LogP contribution in [0, 0.1) is 0 Å². The smallest absolute Gasteiger partial charge is 0.350 e. The van der Waals surface area contributed by atoms with Crippen molar-refractivity contribution >= 4 is 34.8 Å². The summed E-state index contributed by atoms with van der Waals surface area (Å²) >= 11 is 1.04. The molecule has 0 saturated heterocycles. The zero-order valence-corrected chi connectivity index (χ0v) is 18.9. The lowest BCUT2D eigenvalue weighted by Gasteiger charge is -2.11. The zero-order valence-electron chi connectivity index (χ0n) is 18.1. The average Bonchev–Trinajstić information content (AvgIpc) is 3.25. The molecule has 0 fully saturated rings. The van der Waals surface area contributed by atoms with Crippen molar-refractivity contribution in [3.8, 4) is 16.9 Å². The molecular weight excluding hydrogens is 454 g/mol. The Hall–Kier alpha value is -4.37. The minimum absolute atomic E-state index is 0.192. The molecule has 1 aliphatic rings. The number of nitrogens with zero attached hydrogens (tertiary/aromatic N) is 2. The van der Waals surface area contributed by atoms with Gasteiger partial charge in [-0.3, -0.25) is 19.0 Å². The van der Waals surface area contributed by atoms with Crippen LogP contribution in [0.25, 0.3) is 16.9 Å². The van der Waals surface area contributed by atoms with Crippen LogP contribution in [-0.4, -0.2) is 34.6 Å². The summed E-state index contributed by atoms with van der Waals surface area (Å²) in [6, 6.07) is 18.5. The third kappa shape index (κ3) is 4.69. The maximum atomic E-state index is 12.8. The second-order valence-corrected chi connectivity index (χ2v) is 8.01. The molecule has 0 unspecified atom stereocenters. The molecule has 3 aromatic rings. The molecule has 1 amide bonds. The topological polar surface area (TPSA) is 107 Å². The number of rotatable bonds is 6. The monoisotopic (exact) mass is 473 g/mol. The van der Waals surface area contributed by atoms with Gasteiger partial charge in [-0.1, -0.05) is 59.9 Å². The molecule has 0 radical (unpaired) electrons. The highest BCUT2D eigenvalue weighted by Crippen LogP contribution is 2.29. The van der Waals surface area contributed by atoms with Gasteiger partial charge in [0.15, 0.2) is 11.6 Å². The number of para-hydroxylation sites is 1. The van der Waals surface area contributed by atoms with Gasteiger partial charge in [-0.05, 0) is 31.2 Å². The van der Waals surface area contributed by atoms with Gasteiger partial charge >= 0.3 is 5.97 Å². The molecule has 4 rings (SSSR count). The number of carbonyl (C=O) groups excluding carboxylic acids is 4. The average molecular weight is 474 g/mol. The number of aromatic nitrogens is 1. The standard InChI is InChI=1S/C25H19N3O5S/c1-2-33-24(32)22-21(16-9-5-3-6-10-16)28(17-11-7-4-8-12-17)25(34-22)27-26-23(31)19-15-18(29)13-14-20(19)30/h3-15H,2H2,1H3,(H,26,31)/b27-25+. The summed E-state index contributed by atoms with van der Waals surface area (Å²) in [7, 11) is 0. The van der Waals surface area contributed by atoms with E-state index in [0.29, 0.717) is 16.3 Å². The maximum absolute atomic E-state index is 12.8. The van der Waals surface area contributed by atoms with Crippen molar-refractivity contribution in [1.82, 2.24) is 9.99 Å². The molecule has 0 saturated carbocycles. The minimum atomic E-state index is -0.824. The first-order valence-corrected chi connectivity index (χ1v) is 11.2. The second kappa shape index (κ2) is 10.1. The van der Waals surface area contributed by atoms with E-state index in [-0.39, 0.29) is 17.0 Å². The van der Waals surface area contributed by atoms with Crippen molar-refractivity contribution in [2.75, 3.05) is 6.61 Å². The van der Waals surface area contributed by atoms with Crippen molar-refractivity contribution in [2.45, 2.75) is 6.92 Å². The van der Waals surface area contributed by atoms with Crippen molar-refractivity contribution in [3.63, 3.8) is 0 Å². The molecule has 9 heteroatoms. The van der Waals surface area contributed by atoms with Crippen LogP contribution in [0.3, 0.4) is 0 Å². The van der Waals surface area contributed by atoms with E-state index >= 15 is 0 Å². The predicted molar refractivity (Wildman–Crippen MR) is 126 cm³/mol. The van der Waals surface area contributed by atoms with Crippen molar-refractivity contribution in [3.05, 3.63) is 94.1 Å². The van der Waals surface area contributed by atoms with Gasteiger partial charge in [0.1, 0.15) is 4.88 Å². The number of amides is 1. The number of esters is 1. The van der Waals surface area contributed by atoms with Gasteiger partial charge in [-0.25, -0.2) is 10.2 Å². The normalized spacial score (nSPS) is 13.6. The van der Waals surface area contributed by atoms with Gasteiger partial charge in [0, 0.05) is 17.3 Å². The molecule has 34 heavy (non-hydrogen) atoms. The van der Waals surface area contributed by atoms with Crippen molar-refractivity contribution in [2.24, 2.45) is 5.10 Å². The van der Waals surface area contributed by atoms with Crippen molar-refractivity contribution in [1.29, 1.82) is 0 Å². The summed E-state index contributed by atoms with van der Waals surface area (Å²) in [5.74, 6) is -2.40. The van der Waals surface area contributed by atoms with E-state index in [0.717, 1.165) is 35.1 Å². The molecular formula is C25H19N3O5S. The quantitative estimate of drug-likeness (QED) is 0.256. The van der Waals surface area contributed by atoms with Crippen LogP contribution in [0.5, 0.6) is 0 Å². The lowest BCUT2D eigenvalue weighted by atomic mass is 10.0. The van der Waals surface area contributed by atoms with Gasteiger partial charge in [-0.2, -0.15) is 0 Å². The number of ether oxygens (including phenoxy) is 1. The lowest BCUT2D eigenvalue weighted by molar-refractivity contribution is -0.122. The van der Waals surface area contributed by atoms with E-state index in [2.05, 4.69) is 10.5 Å². The van der Waals surface area contributed by atoms with Gasteiger partial charge in [0.25, 0.3) is 5.91 Å². The number of ketones is 2. The highest BCUT2D eigenvalue weighted by Gasteiger charge is 2.24. The summed E-state index contributed by atoms with van der Waals surface area (Å²) in [5.41, 5.74) is 4.03. The van der Waals surface area contributed by atoms with E-state index < -0.39 is 23.4 Å². The number of allylic oxidation sites excluding steroid dienone is 3. The summed E-state index contributed by atoms with van der Waals surface area (Å²) in [4.78, 5) is 49.6. The van der Waals surface area contributed by atoms with Gasteiger partial charge in [-0.15, -0.1) is 5.10 Å². The third-order valence-corrected chi connectivity index (χ3v) is 5.82. The van der Waals surface area contributed by atoms with Crippen LogP contribution in [-0.2, 0) is 19.1 Å². The first-order chi connectivity index (χ1) is 16.5. The Morgan fingerprint density at radius 2 is 1.68 bits per heavy atom. The SMILES string of the molecule is CCOC(=O)c1s/c(=N/NC(=O)C2=CC(=O)C=CC2=O)n(-c2ccccc2)c1-c1ccccc1. The van der Waals surface area contributed by atoms with Crippen LogP contribution >= 0.6 is 11.3 Å². The van der Waals surface area contributed by atoms with E-state index in [1.165, 1.54) is 0 Å². The van der Waals surface area contributed by atoms with E-state index in [1.807, 2.05) is 60.7 Å². The Labute approximate surface area is 198 Å². The van der Waals surface area contributed by atoms with Gasteiger partial charge in [0.2, 0.25) is 4.80 Å². The molecule has 1 aliphatic carbocycles.